The van der Waals surface area contributed by atoms with Gasteiger partial charge < -0.3 is 19.9 Å². The van der Waals surface area contributed by atoms with E-state index in [0.29, 0.717) is 29.4 Å². The number of anilines is 2. The number of rotatable bonds is 8. The number of thioether (sulfide) groups is 1. The molecule has 3 aromatic carbocycles. The van der Waals surface area contributed by atoms with Crippen molar-refractivity contribution < 1.29 is 14.3 Å². The van der Waals surface area contributed by atoms with Crippen molar-refractivity contribution in [3.8, 4) is 17.0 Å². The Kier molecular flexibility index (Phi) is 8.71. The number of carbonyl (C=O) groups excluding carboxylic acids is 2. The highest BCUT2D eigenvalue weighted by atomic mass is 35.5. The van der Waals surface area contributed by atoms with Crippen LogP contribution in [0.4, 0.5) is 11.4 Å². The molecule has 0 bridgehead atoms. The molecule has 4 aromatic rings. The number of nitrogens with one attached hydrogen (secondary N) is 1. The fourth-order valence-corrected chi connectivity index (χ4v) is 6.02. The Morgan fingerprint density at radius 2 is 1.77 bits per heavy atom. The molecule has 1 aliphatic heterocycles. The van der Waals surface area contributed by atoms with Crippen LogP contribution in [0.1, 0.15) is 10.4 Å². The van der Waals surface area contributed by atoms with Crippen LogP contribution in [-0.4, -0.2) is 60.7 Å². The molecule has 7 nitrogen and oxygen atoms in total. The first-order valence-electron chi connectivity index (χ1n) is 12.4. The standard InChI is InChI=1S/C29H27ClN4O3S2/c1-37-25-4-2-3-21(17-25)28(36)34-15-13-33(14-16-34)24-11-9-23(10-12-24)31-27(35)19-39-29-32-26(18-38-29)20-5-7-22(30)8-6-20/h2-12,17-18H,13-16,19H2,1H3,(H,31,35). The third kappa shape index (κ3) is 6.92. The molecule has 1 N–H and O–H groups in total. The number of thiazole rings is 1. The summed E-state index contributed by atoms with van der Waals surface area (Å²) in [6.07, 6.45) is 0. The van der Waals surface area contributed by atoms with Gasteiger partial charge in [-0.05, 0) is 54.6 Å². The zero-order valence-electron chi connectivity index (χ0n) is 21.3. The number of piperazine rings is 1. The van der Waals surface area contributed by atoms with E-state index < -0.39 is 0 Å². The quantitative estimate of drug-likeness (QED) is 0.252. The van der Waals surface area contributed by atoms with Crippen molar-refractivity contribution >= 4 is 57.9 Å². The Labute approximate surface area is 240 Å². The fraction of sp³-hybridized carbons (Fsp3) is 0.207. The molecule has 0 saturated carbocycles. The molecule has 2 heterocycles. The molecular formula is C29H27ClN4O3S2. The van der Waals surface area contributed by atoms with Crippen LogP contribution in [0.5, 0.6) is 5.75 Å². The molecule has 1 aromatic heterocycles. The van der Waals surface area contributed by atoms with Crippen LogP contribution in [0, 0.1) is 0 Å². The Hall–Kier alpha value is -3.53. The van der Waals surface area contributed by atoms with Gasteiger partial charge in [-0.1, -0.05) is 41.6 Å². The Bertz CT molecular complexity index is 1440. The summed E-state index contributed by atoms with van der Waals surface area (Å²) < 4.78 is 6.08. The third-order valence-electron chi connectivity index (χ3n) is 6.35. The minimum atomic E-state index is -0.0827. The summed E-state index contributed by atoms with van der Waals surface area (Å²) in [4.78, 5) is 34.1. The molecule has 1 saturated heterocycles. The van der Waals surface area contributed by atoms with Gasteiger partial charge in [-0.25, -0.2) is 4.98 Å². The summed E-state index contributed by atoms with van der Waals surface area (Å²) >= 11 is 8.90. The second kappa shape index (κ2) is 12.5. The van der Waals surface area contributed by atoms with Gasteiger partial charge in [0.05, 0.1) is 18.6 Å². The number of methoxy groups -OCH3 is 1. The number of halogens is 1. The predicted molar refractivity (Wildman–Crippen MR) is 159 cm³/mol. The van der Waals surface area contributed by atoms with Gasteiger partial charge in [-0.2, -0.15) is 0 Å². The SMILES string of the molecule is COc1cccc(C(=O)N2CCN(c3ccc(NC(=O)CSc4nc(-c5ccc(Cl)cc5)cs4)cc3)CC2)c1. The van der Waals surface area contributed by atoms with Crippen molar-refractivity contribution in [1.82, 2.24) is 9.88 Å². The monoisotopic (exact) mass is 578 g/mol. The van der Waals surface area contributed by atoms with Crippen LogP contribution < -0.4 is 15.0 Å². The molecule has 1 aliphatic rings. The van der Waals surface area contributed by atoms with Crippen molar-refractivity contribution in [2.75, 3.05) is 49.3 Å². The number of aromatic nitrogens is 1. The van der Waals surface area contributed by atoms with Crippen molar-refractivity contribution in [3.63, 3.8) is 0 Å². The molecule has 0 radical (unpaired) electrons. The first-order valence-corrected chi connectivity index (χ1v) is 14.7. The van der Waals surface area contributed by atoms with E-state index >= 15 is 0 Å². The lowest BCUT2D eigenvalue weighted by Gasteiger charge is -2.36. The van der Waals surface area contributed by atoms with E-state index in [2.05, 4.69) is 15.2 Å². The van der Waals surface area contributed by atoms with E-state index in [9.17, 15) is 9.59 Å². The molecule has 39 heavy (non-hydrogen) atoms. The Morgan fingerprint density at radius 3 is 2.49 bits per heavy atom. The van der Waals surface area contributed by atoms with E-state index in [1.165, 1.54) is 23.1 Å². The van der Waals surface area contributed by atoms with Gasteiger partial charge in [0.2, 0.25) is 5.91 Å². The average Bonchev–Trinajstić information content (AvgIpc) is 3.46. The molecule has 0 unspecified atom stereocenters. The number of nitrogens with zero attached hydrogens (tertiary/aromatic N) is 3. The van der Waals surface area contributed by atoms with Crippen LogP contribution >= 0.6 is 34.7 Å². The molecule has 10 heteroatoms. The first kappa shape index (κ1) is 27.1. The lowest BCUT2D eigenvalue weighted by atomic mass is 10.1. The molecule has 200 valence electrons. The lowest BCUT2D eigenvalue weighted by Crippen LogP contribution is -2.48. The minimum Gasteiger partial charge on any atom is -0.497 e. The van der Waals surface area contributed by atoms with Crippen molar-refractivity contribution in [1.29, 1.82) is 0 Å². The highest BCUT2D eigenvalue weighted by Crippen LogP contribution is 2.29. The maximum absolute atomic E-state index is 12.9. The number of benzene rings is 3. The number of hydrogen-bond donors (Lipinski definition) is 1. The predicted octanol–water partition coefficient (Wildman–Crippen LogP) is 6.17. The summed E-state index contributed by atoms with van der Waals surface area (Å²) in [7, 11) is 1.60. The van der Waals surface area contributed by atoms with Gasteiger partial charge in [0.15, 0.2) is 4.34 Å². The summed E-state index contributed by atoms with van der Waals surface area (Å²) in [5.74, 6) is 0.888. The van der Waals surface area contributed by atoms with Gasteiger partial charge >= 0.3 is 0 Å². The topological polar surface area (TPSA) is 74.8 Å². The third-order valence-corrected chi connectivity index (χ3v) is 8.62. The Morgan fingerprint density at radius 1 is 1.03 bits per heavy atom. The smallest absolute Gasteiger partial charge is 0.254 e. The lowest BCUT2D eigenvalue weighted by molar-refractivity contribution is -0.113. The van der Waals surface area contributed by atoms with Crippen LogP contribution in [0.15, 0.2) is 82.5 Å². The van der Waals surface area contributed by atoms with E-state index in [-0.39, 0.29) is 17.6 Å². The van der Waals surface area contributed by atoms with Gasteiger partial charge in [0.1, 0.15) is 5.75 Å². The molecule has 0 spiro atoms. The number of carbonyl (C=O) groups is 2. The summed E-state index contributed by atoms with van der Waals surface area (Å²) in [6.45, 7) is 2.76. The minimum absolute atomic E-state index is 0.0171. The summed E-state index contributed by atoms with van der Waals surface area (Å²) in [5, 5.41) is 5.63. The van der Waals surface area contributed by atoms with Gasteiger partial charge in [0.25, 0.3) is 5.91 Å². The van der Waals surface area contributed by atoms with Gasteiger partial charge in [0, 0.05) is 59.1 Å². The summed E-state index contributed by atoms with van der Waals surface area (Å²) in [6, 6.07) is 22.6. The van der Waals surface area contributed by atoms with E-state index in [0.717, 1.165) is 40.1 Å². The van der Waals surface area contributed by atoms with Crippen LogP contribution in [0.2, 0.25) is 5.02 Å². The van der Waals surface area contributed by atoms with Crippen LogP contribution in [0.3, 0.4) is 0 Å². The number of amides is 2. The molecule has 1 fully saturated rings. The normalized spacial score (nSPS) is 13.3. The summed E-state index contributed by atoms with van der Waals surface area (Å²) in [5.41, 5.74) is 4.32. The van der Waals surface area contributed by atoms with Gasteiger partial charge in [-0.15, -0.1) is 11.3 Å². The molecular weight excluding hydrogens is 552 g/mol. The van der Waals surface area contributed by atoms with E-state index in [1.54, 1.807) is 13.2 Å². The zero-order valence-corrected chi connectivity index (χ0v) is 23.7. The highest BCUT2D eigenvalue weighted by molar-refractivity contribution is 8.01. The first-order chi connectivity index (χ1) is 19.0. The number of hydrogen-bond acceptors (Lipinski definition) is 7. The van der Waals surface area contributed by atoms with Crippen LogP contribution in [0.25, 0.3) is 11.3 Å². The number of ether oxygens (including phenoxy) is 1. The van der Waals surface area contributed by atoms with Crippen molar-refractivity contribution in [3.05, 3.63) is 88.8 Å². The molecule has 5 rings (SSSR count). The largest absolute Gasteiger partial charge is 0.497 e. The molecule has 0 atom stereocenters. The van der Waals surface area contributed by atoms with Crippen LogP contribution in [-0.2, 0) is 4.79 Å². The average molecular weight is 579 g/mol. The second-order valence-corrected chi connectivity index (χ2v) is 11.4. The van der Waals surface area contributed by atoms with Gasteiger partial charge in [-0.3, -0.25) is 9.59 Å². The second-order valence-electron chi connectivity index (χ2n) is 8.90. The van der Waals surface area contributed by atoms with Crippen molar-refractivity contribution in [2.45, 2.75) is 4.34 Å². The highest BCUT2D eigenvalue weighted by Gasteiger charge is 2.22. The van der Waals surface area contributed by atoms with E-state index in [1.807, 2.05) is 77.0 Å². The zero-order chi connectivity index (χ0) is 27.2. The molecule has 0 aliphatic carbocycles. The maximum Gasteiger partial charge on any atom is 0.254 e. The maximum atomic E-state index is 12.9. The van der Waals surface area contributed by atoms with E-state index in [4.69, 9.17) is 16.3 Å². The van der Waals surface area contributed by atoms with Crippen molar-refractivity contribution in [2.24, 2.45) is 0 Å². The fourth-order valence-electron chi connectivity index (χ4n) is 4.26. The Balaban J connectivity index is 1.08. The molecule has 2 amide bonds.